The molecule has 0 aliphatic carbocycles. The number of nitrogens with zero attached hydrogens (tertiary/aromatic N) is 3. The van der Waals surface area contributed by atoms with Gasteiger partial charge in [-0.15, -0.1) is 0 Å². The Morgan fingerprint density at radius 1 is 1.52 bits per heavy atom. The maximum absolute atomic E-state index is 12.3. The van der Waals surface area contributed by atoms with Crippen LogP contribution in [0.3, 0.4) is 0 Å². The molecule has 0 fully saturated rings. The van der Waals surface area contributed by atoms with Gasteiger partial charge < -0.3 is 14.9 Å². The fraction of sp³-hybridized carbons (Fsp3) is 0.200. The first kappa shape index (κ1) is 16.2. The largest absolute Gasteiger partial charge is 0.512 e. The third-order valence-corrected chi connectivity index (χ3v) is 2.91. The van der Waals surface area contributed by atoms with E-state index in [0.29, 0.717) is 0 Å². The summed E-state index contributed by atoms with van der Waals surface area (Å²) in [6, 6.07) is 2.89. The van der Waals surface area contributed by atoms with Crippen LogP contribution in [0, 0.1) is 0 Å². The zero-order chi connectivity index (χ0) is 17.0. The smallest absolute Gasteiger partial charge is 0.343 e. The molecular formula is C15H15N3O5. The second-order valence-electron chi connectivity index (χ2n) is 4.51. The van der Waals surface area contributed by atoms with Gasteiger partial charge in [-0.3, -0.25) is 9.20 Å². The number of carbonyl (C=O) groups excluding carboxylic acids is 1. The molecule has 0 atom stereocenters. The highest BCUT2D eigenvalue weighted by Crippen LogP contribution is 2.15. The molecule has 0 aromatic carbocycles. The zero-order valence-corrected chi connectivity index (χ0v) is 12.6. The van der Waals surface area contributed by atoms with Crippen LogP contribution in [0.2, 0.25) is 0 Å². The van der Waals surface area contributed by atoms with E-state index < -0.39 is 11.5 Å². The number of aromatic nitrogens is 2. The van der Waals surface area contributed by atoms with Crippen LogP contribution >= 0.6 is 0 Å². The predicted octanol–water partition coefficient (Wildman–Crippen LogP) is 1.50. The first-order chi connectivity index (χ1) is 11.0. The fourth-order valence-corrected chi connectivity index (χ4v) is 1.81. The van der Waals surface area contributed by atoms with Crippen molar-refractivity contribution in [1.82, 2.24) is 9.38 Å². The summed E-state index contributed by atoms with van der Waals surface area (Å²) in [6.07, 6.45) is 3.65. The third kappa shape index (κ3) is 3.37. The SMILES string of the molecule is CCOC(=O)/C(C=Nc1cnc2c(O)cccn2c1=O)=C(/C)O. The summed E-state index contributed by atoms with van der Waals surface area (Å²) < 4.78 is 5.92. The minimum absolute atomic E-state index is 0.0591. The minimum atomic E-state index is -0.747. The van der Waals surface area contributed by atoms with Gasteiger partial charge in [0, 0.05) is 12.4 Å². The van der Waals surface area contributed by atoms with Gasteiger partial charge >= 0.3 is 5.97 Å². The Morgan fingerprint density at radius 3 is 2.91 bits per heavy atom. The van der Waals surface area contributed by atoms with Crippen molar-refractivity contribution in [3.63, 3.8) is 0 Å². The predicted molar refractivity (Wildman–Crippen MR) is 83.2 cm³/mol. The highest BCUT2D eigenvalue weighted by molar-refractivity contribution is 6.10. The summed E-state index contributed by atoms with van der Waals surface area (Å²) in [7, 11) is 0. The number of ether oxygens (including phenoxy) is 1. The number of pyridine rings is 1. The van der Waals surface area contributed by atoms with Gasteiger partial charge in [0.15, 0.2) is 11.4 Å². The lowest BCUT2D eigenvalue weighted by atomic mass is 10.2. The van der Waals surface area contributed by atoms with Crippen molar-refractivity contribution in [3.8, 4) is 5.75 Å². The number of rotatable bonds is 4. The van der Waals surface area contributed by atoms with E-state index in [9.17, 15) is 19.8 Å². The molecule has 0 saturated carbocycles. The normalized spacial score (nSPS) is 12.4. The summed E-state index contributed by atoms with van der Waals surface area (Å²) >= 11 is 0. The molecule has 8 heteroatoms. The van der Waals surface area contributed by atoms with Crippen molar-refractivity contribution in [2.24, 2.45) is 4.99 Å². The monoisotopic (exact) mass is 317 g/mol. The molecule has 2 rings (SSSR count). The average Bonchev–Trinajstić information content (AvgIpc) is 2.50. The van der Waals surface area contributed by atoms with Gasteiger partial charge in [0.2, 0.25) is 0 Å². The summed E-state index contributed by atoms with van der Waals surface area (Å²) in [6.45, 7) is 3.08. The third-order valence-electron chi connectivity index (χ3n) is 2.91. The second-order valence-corrected chi connectivity index (χ2v) is 4.51. The van der Waals surface area contributed by atoms with Crippen molar-refractivity contribution in [3.05, 3.63) is 46.2 Å². The van der Waals surface area contributed by atoms with E-state index in [-0.39, 0.29) is 35.0 Å². The number of aliphatic hydroxyl groups excluding tert-OH is 1. The summed E-state index contributed by atoms with van der Waals surface area (Å²) in [5, 5.41) is 19.2. The van der Waals surface area contributed by atoms with Gasteiger partial charge in [0.1, 0.15) is 17.0 Å². The van der Waals surface area contributed by atoms with E-state index in [2.05, 4.69) is 9.98 Å². The van der Waals surface area contributed by atoms with E-state index >= 15 is 0 Å². The quantitative estimate of drug-likeness (QED) is 0.382. The number of hydrogen-bond acceptors (Lipinski definition) is 7. The topological polar surface area (TPSA) is 113 Å². The molecule has 2 aromatic heterocycles. The molecule has 0 aliphatic rings. The number of aromatic hydroxyl groups is 1. The van der Waals surface area contributed by atoms with E-state index in [1.54, 1.807) is 6.92 Å². The lowest BCUT2D eigenvalue weighted by Crippen LogP contribution is -2.14. The number of aliphatic imine (C=N–C) groups is 1. The summed E-state index contributed by atoms with van der Waals surface area (Å²) in [4.78, 5) is 31.8. The molecule has 0 amide bonds. The molecule has 120 valence electrons. The van der Waals surface area contributed by atoms with Crippen LogP contribution < -0.4 is 5.56 Å². The Morgan fingerprint density at radius 2 is 2.26 bits per heavy atom. The number of fused-ring (bicyclic) bond motifs is 1. The zero-order valence-electron chi connectivity index (χ0n) is 12.6. The molecule has 2 N–H and O–H groups in total. The molecule has 0 radical (unpaired) electrons. The van der Waals surface area contributed by atoms with Gasteiger partial charge in [0.05, 0.1) is 12.8 Å². The molecule has 23 heavy (non-hydrogen) atoms. The van der Waals surface area contributed by atoms with Crippen LogP contribution in [0.4, 0.5) is 5.69 Å². The maximum Gasteiger partial charge on any atom is 0.343 e. The summed E-state index contributed by atoms with van der Waals surface area (Å²) in [5.41, 5.74) is -0.652. The van der Waals surface area contributed by atoms with E-state index in [1.165, 1.54) is 31.5 Å². The Balaban J connectivity index is 2.46. The second kappa shape index (κ2) is 6.73. The first-order valence-corrected chi connectivity index (χ1v) is 6.76. The van der Waals surface area contributed by atoms with Crippen LogP contribution in [-0.4, -0.2) is 38.4 Å². The average molecular weight is 317 g/mol. The van der Waals surface area contributed by atoms with Crippen molar-refractivity contribution in [1.29, 1.82) is 0 Å². The van der Waals surface area contributed by atoms with Crippen LogP contribution in [0.25, 0.3) is 5.65 Å². The molecule has 0 spiro atoms. The van der Waals surface area contributed by atoms with Gasteiger partial charge in [-0.25, -0.2) is 14.8 Å². The number of aliphatic hydroxyl groups is 1. The van der Waals surface area contributed by atoms with E-state index in [0.717, 1.165) is 10.6 Å². The number of carbonyl (C=O) groups is 1. The van der Waals surface area contributed by atoms with Gasteiger partial charge in [0.25, 0.3) is 5.56 Å². The molecule has 0 bridgehead atoms. The van der Waals surface area contributed by atoms with Crippen molar-refractivity contribution in [2.75, 3.05) is 6.61 Å². The number of esters is 1. The van der Waals surface area contributed by atoms with Gasteiger partial charge in [-0.05, 0) is 26.0 Å². The standard InChI is InChI=1S/C15H15N3O5/c1-3-23-15(22)10(9(2)19)7-16-11-8-17-13-12(20)5-4-6-18(13)14(11)21/h4-8,19-20H,3H2,1-2H3/b10-9-,16-7?. The van der Waals surface area contributed by atoms with Crippen molar-refractivity contribution in [2.45, 2.75) is 13.8 Å². The van der Waals surface area contributed by atoms with Crippen LogP contribution in [0.5, 0.6) is 5.75 Å². The Bertz CT molecular complexity index is 863. The van der Waals surface area contributed by atoms with Crippen LogP contribution in [0.15, 0.2) is 45.6 Å². The van der Waals surface area contributed by atoms with E-state index in [4.69, 9.17) is 4.74 Å². The molecule has 8 nitrogen and oxygen atoms in total. The number of hydrogen-bond donors (Lipinski definition) is 2. The number of allylic oxidation sites excluding steroid dienone is 1. The lowest BCUT2D eigenvalue weighted by molar-refractivity contribution is -0.138. The van der Waals surface area contributed by atoms with Gasteiger partial charge in [-0.1, -0.05) is 0 Å². The molecule has 0 aliphatic heterocycles. The van der Waals surface area contributed by atoms with Crippen molar-refractivity contribution >= 4 is 23.5 Å². The summed E-state index contributed by atoms with van der Waals surface area (Å²) in [5.74, 6) is -1.17. The molecule has 0 saturated heterocycles. The Hall–Kier alpha value is -3.16. The van der Waals surface area contributed by atoms with Crippen LogP contribution in [-0.2, 0) is 9.53 Å². The fourth-order valence-electron chi connectivity index (χ4n) is 1.81. The molecule has 0 unspecified atom stereocenters. The molecule has 2 heterocycles. The van der Waals surface area contributed by atoms with Crippen LogP contribution in [0.1, 0.15) is 13.8 Å². The van der Waals surface area contributed by atoms with Gasteiger partial charge in [-0.2, -0.15) is 0 Å². The maximum atomic E-state index is 12.3. The Kier molecular flexibility index (Phi) is 4.75. The first-order valence-electron chi connectivity index (χ1n) is 6.76. The highest BCUT2D eigenvalue weighted by atomic mass is 16.5. The lowest BCUT2D eigenvalue weighted by Gasteiger charge is -2.04. The molecular weight excluding hydrogens is 302 g/mol. The van der Waals surface area contributed by atoms with E-state index in [1.807, 2.05) is 0 Å². The minimum Gasteiger partial charge on any atom is -0.512 e. The molecule has 2 aromatic rings. The van der Waals surface area contributed by atoms with Crippen molar-refractivity contribution < 1.29 is 19.7 Å². The highest BCUT2D eigenvalue weighted by Gasteiger charge is 2.13. The Labute approximate surface area is 131 Å².